The predicted octanol–water partition coefficient (Wildman–Crippen LogP) is 5.60. The fraction of sp³-hybridized carbons (Fsp3) is 0.269. The summed E-state index contributed by atoms with van der Waals surface area (Å²) in [4.78, 5) is 38.3. The topological polar surface area (TPSA) is 82.1 Å². The molecule has 2 amide bonds. The molecule has 0 aromatic heterocycles. The van der Waals surface area contributed by atoms with E-state index >= 15 is 0 Å². The number of benzene rings is 2. The van der Waals surface area contributed by atoms with Crippen molar-refractivity contribution in [2.75, 3.05) is 13.7 Å². The average molecular weight is 607 g/mol. The molecule has 184 valence electrons. The molecule has 0 spiro atoms. The molecule has 1 atom stereocenters. The number of ether oxygens (including phenoxy) is 3. The van der Waals surface area contributed by atoms with Gasteiger partial charge in [0.1, 0.15) is 12.6 Å². The minimum Gasteiger partial charge on any atom is -0.490 e. The Morgan fingerprint density at radius 1 is 1.20 bits per heavy atom. The summed E-state index contributed by atoms with van der Waals surface area (Å²) in [7, 11) is 1.21. The number of carbonyl (C=O) groups excluding carboxylic acids is 3. The number of esters is 1. The average Bonchev–Trinajstić information content (AvgIpc) is 3.11. The van der Waals surface area contributed by atoms with Gasteiger partial charge < -0.3 is 14.2 Å². The number of methoxy groups -OCH3 is 1. The zero-order valence-electron chi connectivity index (χ0n) is 19.7. The van der Waals surface area contributed by atoms with Gasteiger partial charge in [-0.1, -0.05) is 18.2 Å². The molecule has 0 saturated carbocycles. The Balaban J connectivity index is 1.94. The minimum atomic E-state index is -1.01. The third kappa shape index (κ3) is 6.46. The molecule has 7 nitrogen and oxygen atoms in total. The van der Waals surface area contributed by atoms with Crippen molar-refractivity contribution in [3.05, 3.63) is 74.2 Å². The molecule has 1 saturated heterocycles. The Kier molecular flexibility index (Phi) is 9.39. The number of hydrogen-bond donors (Lipinski definition) is 0. The smallest absolute Gasteiger partial charge is 0.328 e. The molecule has 9 heteroatoms. The second kappa shape index (κ2) is 12.3. The van der Waals surface area contributed by atoms with Crippen molar-refractivity contribution >= 4 is 57.5 Å². The Morgan fingerprint density at radius 2 is 1.91 bits per heavy atom. The van der Waals surface area contributed by atoms with Crippen LogP contribution in [0.15, 0.2) is 54.0 Å². The van der Waals surface area contributed by atoms with Crippen LogP contribution in [0.3, 0.4) is 0 Å². The Bertz CT molecular complexity index is 1160. The number of hydrogen-bond acceptors (Lipinski definition) is 7. The van der Waals surface area contributed by atoms with Gasteiger partial charge in [0.2, 0.25) is 0 Å². The van der Waals surface area contributed by atoms with Gasteiger partial charge in [0, 0.05) is 9.13 Å². The van der Waals surface area contributed by atoms with Gasteiger partial charge in [0.05, 0.1) is 18.6 Å². The lowest BCUT2D eigenvalue weighted by Crippen LogP contribution is -2.42. The van der Waals surface area contributed by atoms with Crippen LogP contribution < -0.4 is 9.47 Å². The van der Waals surface area contributed by atoms with Crippen LogP contribution in [0.1, 0.15) is 30.5 Å². The fourth-order valence-corrected chi connectivity index (χ4v) is 4.75. The Labute approximate surface area is 222 Å². The van der Waals surface area contributed by atoms with Crippen molar-refractivity contribution in [3.63, 3.8) is 0 Å². The molecule has 1 aliphatic heterocycles. The Morgan fingerprint density at radius 3 is 2.54 bits per heavy atom. The highest BCUT2D eigenvalue weighted by Gasteiger charge is 2.41. The van der Waals surface area contributed by atoms with Gasteiger partial charge in [-0.3, -0.25) is 14.5 Å². The Hall–Kier alpha value is -2.79. The van der Waals surface area contributed by atoms with Crippen molar-refractivity contribution in [2.24, 2.45) is 0 Å². The minimum absolute atomic E-state index is 0.213. The molecule has 0 aliphatic carbocycles. The highest BCUT2D eigenvalue weighted by atomic mass is 127. The summed E-state index contributed by atoms with van der Waals surface area (Å²) in [6.45, 7) is 7.97. The van der Waals surface area contributed by atoms with Crippen LogP contribution in [0.5, 0.6) is 11.5 Å². The van der Waals surface area contributed by atoms with Gasteiger partial charge >= 0.3 is 5.97 Å². The maximum absolute atomic E-state index is 12.9. The quantitative estimate of drug-likeness (QED) is 0.151. The SMILES string of the molecule is C=CCc1cc(/C=C2/SC(=O)N([C@@H](C)C(=O)OC)C2=O)cc(OCC)c1OCc1ccc(I)cc1. The molecule has 1 aliphatic rings. The van der Waals surface area contributed by atoms with E-state index in [0.717, 1.165) is 31.4 Å². The molecule has 35 heavy (non-hydrogen) atoms. The number of carbonyl (C=O) groups is 3. The molecular formula is C26H26INO6S. The first-order valence-corrected chi connectivity index (χ1v) is 12.8. The standard InChI is InChI=1S/C26H26INO6S/c1-5-7-19-12-18(14-22-24(29)28(26(31)35-22)16(3)25(30)32-4)13-21(33-6-2)23(19)34-15-17-8-10-20(27)11-9-17/h5,8-14,16H,1,6-7,15H2,2-4H3/b22-14+/t16-/m0/s1. The number of rotatable bonds is 10. The zero-order valence-corrected chi connectivity index (χ0v) is 22.7. The van der Waals surface area contributed by atoms with Crippen molar-refractivity contribution in [3.8, 4) is 11.5 Å². The number of imide groups is 1. The number of nitrogens with zero attached hydrogens (tertiary/aromatic N) is 1. The summed E-state index contributed by atoms with van der Waals surface area (Å²) in [5.41, 5.74) is 2.53. The normalized spacial score (nSPS) is 15.3. The lowest BCUT2D eigenvalue weighted by molar-refractivity contribution is -0.148. The number of halogens is 1. The van der Waals surface area contributed by atoms with Crippen molar-refractivity contribution in [2.45, 2.75) is 32.9 Å². The monoisotopic (exact) mass is 607 g/mol. The van der Waals surface area contributed by atoms with Crippen LogP contribution in [-0.4, -0.2) is 41.8 Å². The largest absolute Gasteiger partial charge is 0.490 e. The summed E-state index contributed by atoms with van der Waals surface area (Å²) >= 11 is 3.04. The molecule has 2 aromatic rings. The van der Waals surface area contributed by atoms with Crippen molar-refractivity contribution in [1.29, 1.82) is 0 Å². The summed E-state index contributed by atoms with van der Waals surface area (Å²) in [5, 5.41) is -0.520. The van der Waals surface area contributed by atoms with Gasteiger partial charge in [-0.2, -0.15) is 0 Å². The van der Waals surface area contributed by atoms with E-state index in [2.05, 4.69) is 33.9 Å². The van der Waals surface area contributed by atoms with Crippen LogP contribution in [0.25, 0.3) is 6.08 Å². The molecule has 0 bridgehead atoms. The molecule has 0 N–H and O–H groups in total. The highest BCUT2D eigenvalue weighted by molar-refractivity contribution is 14.1. The maximum atomic E-state index is 12.9. The van der Waals surface area contributed by atoms with E-state index in [1.165, 1.54) is 14.0 Å². The lowest BCUT2D eigenvalue weighted by Gasteiger charge is -2.18. The van der Waals surface area contributed by atoms with Gasteiger partial charge in [-0.25, -0.2) is 4.79 Å². The van der Waals surface area contributed by atoms with E-state index in [1.54, 1.807) is 18.2 Å². The first-order valence-electron chi connectivity index (χ1n) is 10.9. The zero-order chi connectivity index (χ0) is 25.5. The van der Waals surface area contributed by atoms with Crippen LogP contribution >= 0.6 is 34.4 Å². The van der Waals surface area contributed by atoms with E-state index in [4.69, 9.17) is 9.47 Å². The summed E-state index contributed by atoms with van der Waals surface area (Å²) in [6.07, 6.45) is 3.90. The third-order valence-corrected chi connectivity index (χ3v) is 6.77. The second-order valence-electron chi connectivity index (χ2n) is 7.60. The van der Waals surface area contributed by atoms with E-state index < -0.39 is 23.2 Å². The van der Waals surface area contributed by atoms with Crippen LogP contribution in [0, 0.1) is 3.57 Å². The summed E-state index contributed by atoms with van der Waals surface area (Å²) in [5.74, 6) is -0.0594. The van der Waals surface area contributed by atoms with Gasteiger partial charge in [-0.05, 0) is 96.1 Å². The van der Waals surface area contributed by atoms with E-state index in [9.17, 15) is 14.4 Å². The molecule has 1 heterocycles. The van der Waals surface area contributed by atoms with E-state index in [0.29, 0.717) is 36.7 Å². The molecule has 3 rings (SSSR count). The molecule has 0 radical (unpaired) electrons. The third-order valence-electron chi connectivity index (χ3n) is 5.17. The summed E-state index contributed by atoms with van der Waals surface area (Å²) in [6, 6.07) is 10.7. The van der Waals surface area contributed by atoms with Crippen LogP contribution in [-0.2, 0) is 27.4 Å². The first-order chi connectivity index (χ1) is 16.8. The summed E-state index contributed by atoms with van der Waals surface area (Å²) < 4.78 is 17.9. The van der Waals surface area contributed by atoms with Crippen LogP contribution in [0.2, 0.25) is 0 Å². The number of thioether (sulfide) groups is 1. The number of amides is 2. The van der Waals surface area contributed by atoms with Gasteiger partial charge in [-0.15, -0.1) is 6.58 Å². The van der Waals surface area contributed by atoms with Crippen LogP contribution in [0.4, 0.5) is 4.79 Å². The predicted molar refractivity (Wildman–Crippen MR) is 144 cm³/mol. The van der Waals surface area contributed by atoms with Gasteiger partial charge in [0.25, 0.3) is 11.1 Å². The number of allylic oxidation sites excluding steroid dienone is 1. The molecule has 2 aromatic carbocycles. The van der Waals surface area contributed by atoms with Crippen molar-refractivity contribution in [1.82, 2.24) is 4.90 Å². The molecule has 0 unspecified atom stereocenters. The van der Waals surface area contributed by atoms with Crippen molar-refractivity contribution < 1.29 is 28.6 Å². The second-order valence-corrected chi connectivity index (χ2v) is 9.84. The van der Waals surface area contributed by atoms with Gasteiger partial charge in [0.15, 0.2) is 11.5 Å². The van der Waals surface area contributed by atoms with E-state index in [-0.39, 0.29) is 4.91 Å². The first kappa shape index (κ1) is 26.8. The van der Waals surface area contributed by atoms with E-state index in [1.807, 2.05) is 37.3 Å². The highest BCUT2D eigenvalue weighted by Crippen LogP contribution is 2.38. The molecular weight excluding hydrogens is 581 g/mol. The lowest BCUT2D eigenvalue weighted by atomic mass is 10.0. The molecule has 1 fully saturated rings. The fourth-order valence-electron chi connectivity index (χ4n) is 3.48. The maximum Gasteiger partial charge on any atom is 0.328 e.